The van der Waals surface area contributed by atoms with Crippen molar-refractivity contribution in [2.75, 3.05) is 13.1 Å². The van der Waals surface area contributed by atoms with Crippen LogP contribution in [0.15, 0.2) is 54.6 Å². The first kappa shape index (κ1) is 16.8. The second-order valence-electron chi connectivity index (χ2n) is 6.09. The third-order valence-corrected chi connectivity index (χ3v) is 5.22. The zero-order valence-corrected chi connectivity index (χ0v) is 14.6. The standard InChI is InChI=1S/C20H21NO2S/c1-15(22)24-19-13-20(23)21(14-19)12-11-16-7-9-18(10-8-16)17-5-3-2-4-6-17/h2-10,19H,11-14H2,1H3. The molecule has 1 aliphatic rings. The minimum absolute atomic E-state index is 0.0890. The summed E-state index contributed by atoms with van der Waals surface area (Å²) < 4.78 is 0. The van der Waals surface area contributed by atoms with Crippen LogP contribution < -0.4 is 0 Å². The Morgan fingerprint density at radius 1 is 1.08 bits per heavy atom. The van der Waals surface area contributed by atoms with E-state index < -0.39 is 0 Å². The number of nitrogens with zero attached hydrogens (tertiary/aromatic N) is 1. The Labute approximate surface area is 147 Å². The summed E-state index contributed by atoms with van der Waals surface area (Å²) >= 11 is 1.29. The summed E-state index contributed by atoms with van der Waals surface area (Å²) in [5.41, 5.74) is 3.64. The summed E-state index contributed by atoms with van der Waals surface area (Å²) in [4.78, 5) is 25.1. The van der Waals surface area contributed by atoms with E-state index in [9.17, 15) is 9.59 Å². The molecule has 2 aromatic carbocycles. The van der Waals surface area contributed by atoms with E-state index in [-0.39, 0.29) is 16.3 Å². The molecule has 3 rings (SSSR count). The lowest BCUT2D eigenvalue weighted by atomic mass is 10.0. The van der Waals surface area contributed by atoms with Crippen molar-refractivity contribution in [3.8, 4) is 11.1 Å². The van der Waals surface area contributed by atoms with Crippen molar-refractivity contribution in [1.29, 1.82) is 0 Å². The van der Waals surface area contributed by atoms with Crippen molar-refractivity contribution in [3.05, 3.63) is 60.2 Å². The highest BCUT2D eigenvalue weighted by atomic mass is 32.2. The average Bonchev–Trinajstić information content (AvgIpc) is 2.93. The number of thioether (sulfide) groups is 1. The zero-order chi connectivity index (χ0) is 16.9. The van der Waals surface area contributed by atoms with Gasteiger partial charge in [-0.25, -0.2) is 0 Å². The van der Waals surface area contributed by atoms with Crippen molar-refractivity contribution in [2.24, 2.45) is 0 Å². The summed E-state index contributed by atoms with van der Waals surface area (Å²) in [6.45, 7) is 2.97. The first-order valence-corrected chi connectivity index (χ1v) is 9.09. The largest absolute Gasteiger partial charge is 0.341 e. The van der Waals surface area contributed by atoms with Crippen molar-refractivity contribution in [1.82, 2.24) is 4.90 Å². The van der Waals surface area contributed by atoms with Crippen LogP contribution in [-0.2, 0) is 16.0 Å². The summed E-state index contributed by atoms with van der Waals surface area (Å²) in [5.74, 6) is 0.162. The van der Waals surface area contributed by atoms with Gasteiger partial charge in [-0.15, -0.1) is 0 Å². The molecule has 4 heteroatoms. The SMILES string of the molecule is CC(=O)SC1CC(=O)N(CCc2ccc(-c3ccccc3)cc2)C1. The summed E-state index contributed by atoms with van der Waals surface area (Å²) in [5, 5.41) is 0.210. The first-order valence-electron chi connectivity index (χ1n) is 8.21. The predicted molar refractivity (Wildman–Crippen MR) is 98.8 cm³/mol. The Morgan fingerprint density at radius 2 is 1.75 bits per heavy atom. The van der Waals surface area contributed by atoms with E-state index in [1.807, 2.05) is 23.1 Å². The lowest BCUT2D eigenvalue weighted by molar-refractivity contribution is -0.127. The van der Waals surface area contributed by atoms with Gasteiger partial charge < -0.3 is 4.90 Å². The van der Waals surface area contributed by atoms with Crippen molar-refractivity contribution < 1.29 is 9.59 Å². The monoisotopic (exact) mass is 339 g/mol. The molecule has 1 heterocycles. The quantitative estimate of drug-likeness (QED) is 0.832. The molecule has 1 aliphatic heterocycles. The van der Waals surface area contributed by atoms with Crippen molar-refractivity contribution in [3.63, 3.8) is 0 Å². The molecule has 0 aromatic heterocycles. The molecule has 3 nitrogen and oxygen atoms in total. The maximum absolute atomic E-state index is 12.0. The van der Waals surface area contributed by atoms with E-state index in [0.29, 0.717) is 13.0 Å². The number of hydrogen-bond acceptors (Lipinski definition) is 3. The van der Waals surface area contributed by atoms with Crippen LogP contribution in [0.1, 0.15) is 18.9 Å². The third-order valence-electron chi connectivity index (χ3n) is 4.24. The highest BCUT2D eigenvalue weighted by Crippen LogP contribution is 2.24. The lowest BCUT2D eigenvalue weighted by Gasteiger charge is -2.16. The third kappa shape index (κ3) is 4.26. The number of amides is 1. The Hall–Kier alpha value is -2.07. The Kier molecular flexibility index (Phi) is 5.36. The van der Waals surface area contributed by atoms with Gasteiger partial charge in [-0.05, 0) is 23.1 Å². The van der Waals surface area contributed by atoms with Gasteiger partial charge in [0.15, 0.2) is 5.12 Å². The Morgan fingerprint density at radius 3 is 2.42 bits per heavy atom. The van der Waals surface area contributed by atoms with Crippen LogP contribution in [-0.4, -0.2) is 34.3 Å². The van der Waals surface area contributed by atoms with Crippen LogP contribution in [0.4, 0.5) is 0 Å². The number of hydrogen-bond donors (Lipinski definition) is 0. The maximum atomic E-state index is 12.0. The number of likely N-dealkylation sites (tertiary alicyclic amines) is 1. The van der Waals surface area contributed by atoms with Gasteiger partial charge in [-0.1, -0.05) is 66.4 Å². The number of carbonyl (C=O) groups is 2. The minimum atomic E-state index is 0.0890. The van der Waals surface area contributed by atoms with Crippen LogP contribution in [0.25, 0.3) is 11.1 Å². The van der Waals surface area contributed by atoms with E-state index >= 15 is 0 Å². The van der Waals surface area contributed by atoms with Gasteiger partial charge >= 0.3 is 0 Å². The molecular weight excluding hydrogens is 318 g/mol. The van der Waals surface area contributed by atoms with E-state index in [1.165, 1.54) is 28.5 Å². The molecule has 0 radical (unpaired) electrons. The highest BCUT2D eigenvalue weighted by Gasteiger charge is 2.30. The van der Waals surface area contributed by atoms with Gasteiger partial charge in [0.2, 0.25) is 5.91 Å². The lowest BCUT2D eigenvalue weighted by Crippen LogP contribution is -2.27. The molecule has 1 atom stereocenters. The molecule has 0 spiro atoms. The van der Waals surface area contributed by atoms with E-state index in [0.717, 1.165) is 13.0 Å². The molecule has 1 amide bonds. The van der Waals surface area contributed by atoms with Crippen LogP contribution in [0.3, 0.4) is 0 Å². The van der Waals surface area contributed by atoms with Gasteiger partial charge in [0.05, 0.1) is 0 Å². The fourth-order valence-electron chi connectivity index (χ4n) is 3.02. The van der Waals surface area contributed by atoms with E-state index in [1.54, 1.807) is 6.92 Å². The molecule has 24 heavy (non-hydrogen) atoms. The number of benzene rings is 2. The molecule has 0 saturated carbocycles. The van der Waals surface area contributed by atoms with E-state index in [2.05, 4.69) is 36.4 Å². The first-order chi connectivity index (χ1) is 11.6. The molecule has 1 saturated heterocycles. The molecule has 1 fully saturated rings. The normalized spacial score (nSPS) is 17.3. The summed E-state index contributed by atoms with van der Waals surface area (Å²) in [6.07, 6.45) is 1.33. The summed E-state index contributed by atoms with van der Waals surface area (Å²) in [7, 11) is 0. The van der Waals surface area contributed by atoms with Gasteiger partial charge in [-0.3, -0.25) is 9.59 Å². The molecular formula is C20H21NO2S. The smallest absolute Gasteiger partial charge is 0.223 e. The van der Waals surface area contributed by atoms with Gasteiger partial charge in [0.1, 0.15) is 0 Å². The zero-order valence-electron chi connectivity index (χ0n) is 13.8. The van der Waals surface area contributed by atoms with Crippen LogP contribution in [0.5, 0.6) is 0 Å². The van der Waals surface area contributed by atoms with Crippen LogP contribution >= 0.6 is 11.8 Å². The fourth-order valence-corrected chi connectivity index (χ4v) is 3.97. The van der Waals surface area contributed by atoms with Gasteiger partial charge in [-0.2, -0.15) is 0 Å². The molecule has 0 aliphatic carbocycles. The Balaban J connectivity index is 1.55. The van der Waals surface area contributed by atoms with Crippen LogP contribution in [0, 0.1) is 0 Å². The predicted octanol–water partition coefficient (Wildman–Crippen LogP) is 3.78. The second kappa shape index (κ2) is 7.67. The van der Waals surface area contributed by atoms with Crippen LogP contribution in [0.2, 0.25) is 0 Å². The fraction of sp³-hybridized carbons (Fsp3) is 0.300. The molecule has 2 aromatic rings. The molecule has 0 bridgehead atoms. The van der Waals surface area contributed by atoms with Crippen molar-refractivity contribution >= 4 is 22.8 Å². The molecule has 0 N–H and O–H groups in total. The topological polar surface area (TPSA) is 37.4 Å². The van der Waals surface area contributed by atoms with Crippen molar-refractivity contribution in [2.45, 2.75) is 25.0 Å². The van der Waals surface area contributed by atoms with Gasteiger partial charge in [0.25, 0.3) is 0 Å². The second-order valence-corrected chi connectivity index (χ2v) is 7.57. The van der Waals surface area contributed by atoms with Gasteiger partial charge in [0, 0.05) is 31.7 Å². The number of carbonyl (C=O) groups excluding carboxylic acids is 2. The average molecular weight is 339 g/mol. The maximum Gasteiger partial charge on any atom is 0.223 e. The number of rotatable bonds is 5. The Bertz CT molecular complexity index is 712. The van der Waals surface area contributed by atoms with E-state index in [4.69, 9.17) is 0 Å². The minimum Gasteiger partial charge on any atom is -0.341 e. The molecule has 124 valence electrons. The highest BCUT2D eigenvalue weighted by molar-refractivity contribution is 8.14. The molecule has 1 unspecified atom stereocenters. The summed E-state index contributed by atoms with van der Waals surface area (Å²) in [6, 6.07) is 18.8.